The summed E-state index contributed by atoms with van der Waals surface area (Å²) in [6, 6.07) is 5.51. The van der Waals surface area contributed by atoms with Crippen LogP contribution < -0.4 is 10.6 Å². The van der Waals surface area contributed by atoms with Crippen LogP contribution in [-0.2, 0) is 19.1 Å². The number of amides is 2. The van der Waals surface area contributed by atoms with E-state index in [1.54, 1.807) is 6.07 Å². The van der Waals surface area contributed by atoms with Crippen LogP contribution >= 0.6 is 27.5 Å². The summed E-state index contributed by atoms with van der Waals surface area (Å²) in [6.07, 6.45) is 5.38. The lowest BCUT2D eigenvalue weighted by Gasteiger charge is -2.58. The van der Waals surface area contributed by atoms with E-state index in [2.05, 4.69) is 26.6 Å². The third-order valence-electron chi connectivity index (χ3n) is 6.67. The molecule has 8 heteroatoms. The van der Waals surface area contributed by atoms with E-state index >= 15 is 0 Å². The van der Waals surface area contributed by atoms with Crippen molar-refractivity contribution in [1.82, 2.24) is 5.32 Å². The van der Waals surface area contributed by atoms with Gasteiger partial charge in [0.05, 0.1) is 12.0 Å². The lowest BCUT2D eigenvalue weighted by molar-refractivity contribution is -0.171. The van der Waals surface area contributed by atoms with E-state index in [9.17, 15) is 14.4 Å². The molecule has 0 heterocycles. The molecular formula is C22H26BrClN2O4. The molecule has 2 atom stereocenters. The van der Waals surface area contributed by atoms with Crippen LogP contribution in [0, 0.1) is 24.2 Å². The van der Waals surface area contributed by atoms with E-state index in [-0.39, 0.29) is 29.9 Å². The molecule has 2 amide bonds. The Kier molecular flexibility index (Phi) is 5.88. The number of carbonyl (C=O) groups is 3. The molecule has 4 saturated carbocycles. The predicted octanol–water partition coefficient (Wildman–Crippen LogP) is 3.93. The van der Waals surface area contributed by atoms with Gasteiger partial charge in [-0.1, -0.05) is 15.9 Å². The molecule has 0 radical (unpaired) electrons. The number of nitrogens with one attached hydrogen (secondary N) is 2. The first-order valence-electron chi connectivity index (χ1n) is 10.4. The van der Waals surface area contributed by atoms with Crippen molar-refractivity contribution in [3.8, 4) is 0 Å². The second-order valence-corrected chi connectivity index (χ2v) is 11.0. The molecule has 2 N–H and O–H groups in total. The van der Waals surface area contributed by atoms with Gasteiger partial charge in [0.15, 0.2) is 6.61 Å². The standard InChI is InChI=1S/C22H26BrClN2O4/c1-13-4-16(23)2-3-17(13)26-18(27)10-25-19(28)11-30-20(29)21-6-14-5-15(7-21)9-22(24,8-14)12-21/h2-4,14-15H,5-12H2,1H3,(H,25,28)(H,26,27). The average molecular weight is 498 g/mol. The minimum Gasteiger partial charge on any atom is -0.455 e. The lowest BCUT2D eigenvalue weighted by atomic mass is 9.49. The first-order valence-corrected chi connectivity index (χ1v) is 11.5. The molecule has 0 spiro atoms. The molecule has 4 bridgehead atoms. The minimum atomic E-state index is -0.539. The van der Waals surface area contributed by atoms with Crippen molar-refractivity contribution in [2.45, 2.75) is 50.3 Å². The summed E-state index contributed by atoms with van der Waals surface area (Å²) in [5.41, 5.74) is 1.05. The molecule has 30 heavy (non-hydrogen) atoms. The second kappa shape index (κ2) is 8.15. The summed E-state index contributed by atoms with van der Waals surface area (Å²) >= 11 is 10.1. The smallest absolute Gasteiger partial charge is 0.312 e. The Morgan fingerprint density at radius 3 is 2.50 bits per heavy atom. The molecule has 0 aromatic heterocycles. The summed E-state index contributed by atoms with van der Waals surface area (Å²) in [5.74, 6) is -0.180. The minimum absolute atomic E-state index is 0.189. The van der Waals surface area contributed by atoms with Crippen LogP contribution in [0.15, 0.2) is 22.7 Å². The van der Waals surface area contributed by atoms with Crippen LogP contribution in [0.5, 0.6) is 0 Å². The van der Waals surface area contributed by atoms with Gasteiger partial charge in [0, 0.05) is 15.0 Å². The van der Waals surface area contributed by atoms with E-state index in [0.29, 0.717) is 23.9 Å². The van der Waals surface area contributed by atoms with Crippen LogP contribution in [0.4, 0.5) is 5.69 Å². The maximum Gasteiger partial charge on any atom is 0.312 e. The zero-order chi connectivity index (χ0) is 21.5. The largest absolute Gasteiger partial charge is 0.455 e. The van der Waals surface area contributed by atoms with Gasteiger partial charge < -0.3 is 15.4 Å². The molecule has 2 unspecified atom stereocenters. The van der Waals surface area contributed by atoms with Crippen molar-refractivity contribution >= 4 is 51.0 Å². The molecule has 4 aliphatic rings. The van der Waals surface area contributed by atoms with Crippen LogP contribution in [0.2, 0.25) is 0 Å². The van der Waals surface area contributed by atoms with Crippen molar-refractivity contribution in [3.63, 3.8) is 0 Å². The Hall–Kier alpha value is -1.60. The van der Waals surface area contributed by atoms with Crippen molar-refractivity contribution in [3.05, 3.63) is 28.2 Å². The van der Waals surface area contributed by atoms with Gasteiger partial charge >= 0.3 is 5.97 Å². The number of carbonyl (C=O) groups excluding carboxylic acids is 3. The number of rotatable bonds is 6. The van der Waals surface area contributed by atoms with Crippen molar-refractivity contribution < 1.29 is 19.1 Å². The summed E-state index contributed by atoms with van der Waals surface area (Å²) in [5, 5.41) is 5.26. The van der Waals surface area contributed by atoms with Gasteiger partial charge in [-0.3, -0.25) is 14.4 Å². The van der Waals surface area contributed by atoms with Gasteiger partial charge in [0.1, 0.15) is 0 Å². The highest BCUT2D eigenvalue weighted by molar-refractivity contribution is 9.10. The Bertz CT molecular complexity index is 876. The Balaban J connectivity index is 1.24. The number of anilines is 1. The van der Waals surface area contributed by atoms with E-state index in [4.69, 9.17) is 16.3 Å². The van der Waals surface area contributed by atoms with Crippen LogP contribution in [0.25, 0.3) is 0 Å². The van der Waals surface area contributed by atoms with Crippen LogP contribution in [-0.4, -0.2) is 35.8 Å². The molecule has 4 aliphatic carbocycles. The highest BCUT2D eigenvalue weighted by Crippen LogP contribution is 2.64. The monoisotopic (exact) mass is 496 g/mol. The van der Waals surface area contributed by atoms with Gasteiger partial charge in [-0.05, 0) is 81.0 Å². The van der Waals surface area contributed by atoms with Crippen molar-refractivity contribution in [2.24, 2.45) is 17.3 Å². The number of esters is 1. The Morgan fingerprint density at radius 2 is 1.87 bits per heavy atom. The number of hydrogen-bond donors (Lipinski definition) is 2. The van der Waals surface area contributed by atoms with E-state index in [0.717, 1.165) is 42.1 Å². The highest BCUT2D eigenvalue weighted by atomic mass is 79.9. The molecule has 0 aliphatic heterocycles. The topological polar surface area (TPSA) is 84.5 Å². The number of aryl methyl sites for hydroxylation is 1. The van der Waals surface area contributed by atoms with Gasteiger partial charge in [-0.25, -0.2) is 0 Å². The number of halogens is 2. The number of hydrogen-bond acceptors (Lipinski definition) is 4. The SMILES string of the molecule is Cc1cc(Br)ccc1NC(=O)CNC(=O)COC(=O)C12CC3CC(CC(Cl)(C3)C1)C2. The highest BCUT2D eigenvalue weighted by Gasteiger charge is 2.60. The summed E-state index contributed by atoms with van der Waals surface area (Å²) in [7, 11) is 0. The molecule has 162 valence electrons. The van der Waals surface area contributed by atoms with E-state index in [1.807, 2.05) is 19.1 Å². The van der Waals surface area contributed by atoms with Crippen LogP contribution in [0.1, 0.15) is 44.1 Å². The number of benzene rings is 1. The molecule has 6 nitrogen and oxygen atoms in total. The molecule has 4 fully saturated rings. The average Bonchev–Trinajstić information content (AvgIpc) is 2.64. The summed E-state index contributed by atoms with van der Waals surface area (Å²) in [4.78, 5) is 36.8. The van der Waals surface area contributed by atoms with E-state index < -0.39 is 11.3 Å². The third kappa shape index (κ3) is 4.52. The first-order chi connectivity index (χ1) is 14.2. The number of ether oxygens (including phenoxy) is 1. The second-order valence-electron chi connectivity index (χ2n) is 9.25. The van der Waals surface area contributed by atoms with Gasteiger partial charge in [-0.2, -0.15) is 0 Å². The predicted molar refractivity (Wildman–Crippen MR) is 117 cm³/mol. The maximum absolute atomic E-state index is 12.8. The fraction of sp³-hybridized carbons (Fsp3) is 0.591. The molecular weight excluding hydrogens is 472 g/mol. The third-order valence-corrected chi connectivity index (χ3v) is 7.60. The summed E-state index contributed by atoms with van der Waals surface area (Å²) < 4.78 is 6.29. The first kappa shape index (κ1) is 21.6. The van der Waals surface area contributed by atoms with Crippen molar-refractivity contribution in [1.29, 1.82) is 0 Å². The van der Waals surface area contributed by atoms with Gasteiger partial charge in [-0.15, -0.1) is 11.6 Å². The fourth-order valence-corrected chi connectivity index (χ4v) is 7.03. The maximum atomic E-state index is 12.8. The summed E-state index contributed by atoms with van der Waals surface area (Å²) in [6.45, 7) is 1.32. The molecule has 0 saturated heterocycles. The van der Waals surface area contributed by atoms with Gasteiger partial charge in [0.25, 0.3) is 5.91 Å². The normalized spacial score (nSPS) is 31.3. The van der Waals surface area contributed by atoms with Crippen molar-refractivity contribution in [2.75, 3.05) is 18.5 Å². The van der Waals surface area contributed by atoms with E-state index in [1.165, 1.54) is 0 Å². The lowest BCUT2D eigenvalue weighted by Crippen LogP contribution is -2.56. The zero-order valence-electron chi connectivity index (χ0n) is 16.9. The molecule has 1 aromatic carbocycles. The molecule has 5 rings (SSSR count). The molecule has 1 aromatic rings. The van der Waals surface area contributed by atoms with Crippen LogP contribution in [0.3, 0.4) is 0 Å². The Morgan fingerprint density at radius 1 is 1.17 bits per heavy atom. The Labute approximate surface area is 189 Å². The quantitative estimate of drug-likeness (QED) is 0.461. The number of alkyl halides is 1. The fourth-order valence-electron chi connectivity index (χ4n) is 5.87. The zero-order valence-corrected chi connectivity index (χ0v) is 19.3. The van der Waals surface area contributed by atoms with Gasteiger partial charge in [0.2, 0.25) is 5.91 Å².